The van der Waals surface area contributed by atoms with Gasteiger partial charge in [-0.3, -0.25) is 0 Å². The SMILES string of the molecule is CCN(c1ccccc1F)c1ccc(CCN)cc1F. The number of nitrogens with zero attached hydrogens (tertiary/aromatic N) is 1. The van der Waals surface area contributed by atoms with Gasteiger partial charge in [-0.1, -0.05) is 18.2 Å². The first-order valence-electron chi connectivity index (χ1n) is 6.68. The number of nitrogens with two attached hydrogens (primary N) is 1. The number of halogens is 2. The van der Waals surface area contributed by atoms with E-state index in [2.05, 4.69) is 0 Å². The second-order valence-electron chi connectivity index (χ2n) is 4.52. The molecule has 0 fully saturated rings. The van der Waals surface area contributed by atoms with Crippen molar-refractivity contribution < 1.29 is 8.78 Å². The second kappa shape index (κ2) is 6.48. The third-order valence-electron chi connectivity index (χ3n) is 3.20. The molecule has 0 heterocycles. The second-order valence-corrected chi connectivity index (χ2v) is 4.52. The van der Waals surface area contributed by atoms with Crippen molar-refractivity contribution in [2.75, 3.05) is 18.0 Å². The van der Waals surface area contributed by atoms with E-state index >= 15 is 0 Å². The minimum Gasteiger partial charge on any atom is -0.337 e. The Morgan fingerprint density at radius 1 is 1.00 bits per heavy atom. The van der Waals surface area contributed by atoms with E-state index in [0.29, 0.717) is 30.9 Å². The quantitative estimate of drug-likeness (QED) is 0.903. The summed E-state index contributed by atoms with van der Waals surface area (Å²) in [6.45, 7) is 2.82. The predicted molar refractivity (Wildman–Crippen MR) is 78.2 cm³/mol. The van der Waals surface area contributed by atoms with Crippen molar-refractivity contribution in [3.05, 3.63) is 59.7 Å². The first kappa shape index (κ1) is 14.5. The van der Waals surface area contributed by atoms with Crippen molar-refractivity contribution in [1.29, 1.82) is 0 Å². The van der Waals surface area contributed by atoms with Crippen LogP contribution in [0.3, 0.4) is 0 Å². The summed E-state index contributed by atoms with van der Waals surface area (Å²) >= 11 is 0. The number of rotatable bonds is 5. The maximum Gasteiger partial charge on any atom is 0.147 e. The number of hydrogen-bond acceptors (Lipinski definition) is 2. The zero-order valence-electron chi connectivity index (χ0n) is 11.4. The Morgan fingerprint density at radius 3 is 2.30 bits per heavy atom. The highest BCUT2D eigenvalue weighted by molar-refractivity contribution is 5.64. The molecule has 4 heteroatoms. The van der Waals surface area contributed by atoms with Crippen molar-refractivity contribution >= 4 is 11.4 Å². The molecule has 106 valence electrons. The molecule has 0 radical (unpaired) electrons. The molecular formula is C16H18F2N2. The lowest BCUT2D eigenvalue weighted by molar-refractivity contribution is 0.612. The van der Waals surface area contributed by atoms with E-state index in [1.807, 2.05) is 13.0 Å². The van der Waals surface area contributed by atoms with Crippen molar-refractivity contribution in [2.45, 2.75) is 13.3 Å². The van der Waals surface area contributed by atoms with E-state index in [-0.39, 0.29) is 11.6 Å². The molecule has 0 aliphatic heterocycles. The largest absolute Gasteiger partial charge is 0.337 e. The maximum atomic E-state index is 14.2. The van der Waals surface area contributed by atoms with E-state index in [4.69, 9.17) is 5.73 Å². The normalized spacial score (nSPS) is 10.6. The van der Waals surface area contributed by atoms with Gasteiger partial charge in [0, 0.05) is 6.54 Å². The molecule has 2 aromatic rings. The van der Waals surface area contributed by atoms with Crippen LogP contribution in [0.25, 0.3) is 0 Å². The van der Waals surface area contributed by atoms with Crippen LogP contribution < -0.4 is 10.6 Å². The average molecular weight is 276 g/mol. The van der Waals surface area contributed by atoms with Gasteiger partial charge in [0.15, 0.2) is 0 Å². The van der Waals surface area contributed by atoms with Gasteiger partial charge in [0.05, 0.1) is 11.4 Å². The van der Waals surface area contributed by atoms with Gasteiger partial charge >= 0.3 is 0 Å². The van der Waals surface area contributed by atoms with Crippen LogP contribution in [0.4, 0.5) is 20.2 Å². The van der Waals surface area contributed by atoms with Gasteiger partial charge in [-0.15, -0.1) is 0 Å². The first-order valence-corrected chi connectivity index (χ1v) is 6.68. The molecule has 0 saturated heterocycles. The first-order chi connectivity index (χ1) is 9.67. The standard InChI is InChI=1S/C16H18F2N2/c1-2-20(15-6-4-3-5-13(15)17)16-8-7-12(9-10-19)11-14(16)18/h3-8,11H,2,9-10,19H2,1H3. The minimum atomic E-state index is -0.361. The van der Waals surface area contributed by atoms with Crippen LogP contribution in [0, 0.1) is 11.6 Å². The van der Waals surface area contributed by atoms with Crippen LogP contribution >= 0.6 is 0 Å². The van der Waals surface area contributed by atoms with Gasteiger partial charge in [-0.2, -0.15) is 0 Å². The van der Waals surface area contributed by atoms with Gasteiger partial charge in [0.25, 0.3) is 0 Å². The summed E-state index contributed by atoms with van der Waals surface area (Å²) in [7, 11) is 0. The lowest BCUT2D eigenvalue weighted by Crippen LogP contribution is -2.19. The molecular weight excluding hydrogens is 258 g/mol. The Bertz CT molecular complexity index is 584. The molecule has 0 amide bonds. The minimum absolute atomic E-state index is 0.360. The molecule has 0 saturated carbocycles. The molecule has 2 rings (SSSR count). The van der Waals surface area contributed by atoms with Crippen LogP contribution in [0.5, 0.6) is 0 Å². The maximum absolute atomic E-state index is 14.2. The van der Waals surface area contributed by atoms with Gasteiger partial charge in [0.2, 0.25) is 0 Å². The molecule has 0 aliphatic carbocycles. The Balaban J connectivity index is 2.40. The molecule has 0 aromatic heterocycles. The molecule has 0 atom stereocenters. The topological polar surface area (TPSA) is 29.3 Å². The fraction of sp³-hybridized carbons (Fsp3) is 0.250. The molecule has 0 unspecified atom stereocenters. The summed E-state index contributed by atoms with van der Waals surface area (Å²) in [5.41, 5.74) is 7.06. The zero-order valence-corrected chi connectivity index (χ0v) is 11.4. The molecule has 2 N–H and O–H groups in total. The molecule has 0 spiro atoms. The Morgan fingerprint density at radius 2 is 1.70 bits per heavy atom. The van der Waals surface area contributed by atoms with Crippen molar-refractivity contribution in [3.63, 3.8) is 0 Å². The Labute approximate surface area is 117 Å². The van der Waals surface area contributed by atoms with Crippen molar-refractivity contribution in [1.82, 2.24) is 0 Å². The third kappa shape index (κ3) is 2.96. The molecule has 0 bridgehead atoms. The summed E-state index contributed by atoms with van der Waals surface area (Å²) in [5.74, 6) is -0.721. The zero-order chi connectivity index (χ0) is 14.5. The van der Waals surface area contributed by atoms with E-state index in [1.165, 1.54) is 12.1 Å². The smallest absolute Gasteiger partial charge is 0.147 e. The summed E-state index contributed by atoms with van der Waals surface area (Å²) in [4.78, 5) is 1.62. The van der Waals surface area contributed by atoms with Gasteiger partial charge in [0.1, 0.15) is 11.6 Å². The van der Waals surface area contributed by atoms with Crippen LogP contribution in [0.1, 0.15) is 12.5 Å². The molecule has 20 heavy (non-hydrogen) atoms. The van der Waals surface area contributed by atoms with Crippen LogP contribution in [0.2, 0.25) is 0 Å². The highest BCUT2D eigenvalue weighted by atomic mass is 19.1. The van der Waals surface area contributed by atoms with Gasteiger partial charge in [-0.05, 0) is 49.7 Å². The highest BCUT2D eigenvalue weighted by Gasteiger charge is 2.15. The number of hydrogen-bond donors (Lipinski definition) is 1. The predicted octanol–water partition coefficient (Wildman–Crippen LogP) is 3.62. The van der Waals surface area contributed by atoms with Crippen molar-refractivity contribution in [3.8, 4) is 0 Å². The lowest BCUT2D eigenvalue weighted by atomic mass is 10.1. The molecule has 2 nitrogen and oxygen atoms in total. The van der Waals surface area contributed by atoms with Crippen LogP contribution in [-0.4, -0.2) is 13.1 Å². The van der Waals surface area contributed by atoms with Crippen molar-refractivity contribution in [2.24, 2.45) is 5.73 Å². The fourth-order valence-electron chi connectivity index (χ4n) is 2.23. The van der Waals surface area contributed by atoms with E-state index in [9.17, 15) is 8.78 Å². The highest BCUT2D eigenvalue weighted by Crippen LogP contribution is 2.30. The summed E-state index contributed by atoms with van der Waals surface area (Å²) in [6, 6.07) is 11.3. The average Bonchev–Trinajstić information content (AvgIpc) is 2.44. The number of para-hydroxylation sites is 1. The van der Waals surface area contributed by atoms with Gasteiger partial charge in [-0.25, -0.2) is 8.78 Å². The van der Waals surface area contributed by atoms with Crippen LogP contribution in [0.15, 0.2) is 42.5 Å². The molecule has 2 aromatic carbocycles. The monoisotopic (exact) mass is 276 g/mol. The van der Waals surface area contributed by atoms with Gasteiger partial charge < -0.3 is 10.6 Å². The fourth-order valence-corrected chi connectivity index (χ4v) is 2.23. The molecule has 0 aliphatic rings. The van der Waals surface area contributed by atoms with Crippen LogP contribution in [-0.2, 0) is 6.42 Å². The summed E-state index contributed by atoms with van der Waals surface area (Å²) in [6.07, 6.45) is 0.628. The number of benzene rings is 2. The summed E-state index contributed by atoms with van der Waals surface area (Å²) in [5, 5.41) is 0. The third-order valence-corrected chi connectivity index (χ3v) is 3.20. The lowest BCUT2D eigenvalue weighted by Gasteiger charge is -2.24. The van der Waals surface area contributed by atoms with E-state index in [0.717, 1.165) is 5.56 Å². The summed E-state index contributed by atoms with van der Waals surface area (Å²) < 4.78 is 28.1. The Kier molecular flexibility index (Phi) is 4.69. The van der Waals surface area contributed by atoms with E-state index in [1.54, 1.807) is 29.2 Å². The Hall–Kier alpha value is -1.94. The van der Waals surface area contributed by atoms with E-state index < -0.39 is 0 Å². The number of anilines is 2.